The Kier molecular flexibility index (Phi) is 8.05. The molecule has 0 unspecified atom stereocenters. The largest absolute Gasteiger partial charge is 0.352 e. The van der Waals surface area contributed by atoms with E-state index < -0.39 is 16.1 Å². The predicted molar refractivity (Wildman–Crippen MR) is 88.9 cm³/mol. The maximum Gasteiger partial charge on any atom is 0.238 e. The van der Waals surface area contributed by atoms with E-state index in [9.17, 15) is 13.2 Å². The molecule has 0 aliphatic heterocycles. The van der Waals surface area contributed by atoms with Gasteiger partial charge in [0, 0.05) is 6.04 Å². The minimum Gasteiger partial charge on any atom is -0.352 e. The molecule has 5 nitrogen and oxygen atoms in total. The maximum atomic E-state index is 12.3. The molecule has 1 aliphatic carbocycles. The lowest BCUT2D eigenvalue weighted by atomic mass is 9.87. The highest BCUT2D eigenvalue weighted by molar-refractivity contribution is 7.98. The smallest absolute Gasteiger partial charge is 0.238 e. The molecule has 124 valence electrons. The highest BCUT2D eigenvalue weighted by Crippen LogP contribution is 2.23. The Bertz CT molecular complexity index is 418. The molecule has 0 heterocycles. The first-order valence-corrected chi connectivity index (χ1v) is 10.7. The van der Waals surface area contributed by atoms with Crippen molar-refractivity contribution < 1.29 is 13.2 Å². The second kappa shape index (κ2) is 9.00. The van der Waals surface area contributed by atoms with Gasteiger partial charge in [-0.25, -0.2) is 13.1 Å². The van der Waals surface area contributed by atoms with E-state index in [2.05, 4.69) is 17.0 Å². The fraction of sp³-hybridized carbons (Fsp3) is 0.929. The molecule has 21 heavy (non-hydrogen) atoms. The number of hydrogen-bond acceptors (Lipinski definition) is 4. The van der Waals surface area contributed by atoms with E-state index in [1.165, 1.54) is 0 Å². The lowest BCUT2D eigenvalue weighted by molar-refractivity contribution is -0.123. The van der Waals surface area contributed by atoms with Crippen LogP contribution in [0.4, 0.5) is 0 Å². The summed E-state index contributed by atoms with van der Waals surface area (Å²) >= 11 is 1.61. The molecule has 0 aromatic carbocycles. The lowest BCUT2D eigenvalue weighted by Crippen LogP contribution is -2.50. The maximum absolute atomic E-state index is 12.3. The van der Waals surface area contributed by atoms with Gasteiger partial charge >= 0.3 is 0 Å². The molecule has 0 saturated heterocycles. The number of sulfonamides is 1. The Labute approximate surface area is 133 Å². The minimum atomic E-state index is -3.36. The summed E-state index contributed by atoms with van der Waals surface area (Å²) in [6.07, 6.45) is 6.70. The summed E-state index contributed by atoms with van der Waals surface area (Å²) in [7, 11) is -3.36. The summed E-state index contributed by atoms with van der Waals surface area (Å²) in [5.41, 5.74) is 0. The molecule has 0 aromatic heterocycles. The normalized spacial score (nSPS) is 24.5. The molecule has 2 N–H and O–H groups in total. The van der Waals surface area contributed by atoms with Crippen LogP contribution in [0.5, 0.6) is 0 Å². The molecule has 0 bridgehead atoms. The number of nitrogens with one attached hydrogen (secondary N) is 2. The number of carbonyl (C=O) groups excluding carboxylic acids is 1. The van der Waals surface area contributed by atoms with Crippen LogP contribution in [0.25, 0.3) is 0 Å². The Morgan fingerprint density at radius 2 is 1.90 bits per heavy atom. The third-order valence-electron chi connectivity index (χ3n) is 3.99. The van der Waals surface area contributed by atoms with Gasteiger partial charge in [0.15, 0.2) is 0 Å². The number of hydrogen-bond donors (Lipinski definition) is 2. The van der Waals surface area contributed by atoms with Crippen LogP contribution in [0.1, 0.15) is 46.0 Å². The summed E-state index contributed by atoms with van der Waals surface area (Å²) < 4.78 is 26.0. The molecule has 1 aliphatic rings. The van der Waals surface area contributed by atoms with Crippen molar-refractivity contribution in [1.82, 2.24) is 10.0 Å². The van der Waals surface area contributed by atoms with Gasteiger partial charge in [-0.05, 0) is 57.0 Å². The average Bonchev–Trinajstić information content (AvgIpc) is 2.45. The zero-order chi connectivity index (χ0) is 15.9. The van der Waals surface area contributed by atoms with Crippen LogP contribution in [0.2, 0.25) is 0 Å². The van der Waals surface area contributed by atoms with Gasteiger partial charge in [-0.1, -0.05) is 6.92 Å². The molecule has 1 fully saturated rings. The van der Waals surface area contributed by atoms with Gasteiger partial charge in [-0.2, -0.15) is 11.8 Å². The van der Waals surface area contributed by atoms with Crippen molar-refractivity contribution in [2.24, 2.45) is 5.92 Å². The quantitative estimate of drug-likeness (QED) is 0.708. The zero-order valence-corrected chi connectivity index (χ0v) is 14.9. The molecule has 1 atom stereocenters. The summed E-state index contributed by atoms with van der Waals surface area (Å²) in [5, 5.41) is 3.02. The Hall–Kier alpha value is -0.270. The third kappa shape index (κ3) is 7.02. The number of amides is 1. The van der Waals surface area contributed by atoms with Crippen molar-refractivity contribution in [3.05, 3.63) is 0 Å². The molecule has 1 saturated carbocycles. The third-order valence-corrected chi connectivity index (χ3v) is 6.04. The van der Waals surface area contributed by atoms with E-state index in [1.54, 1.807) is 18.7 Å². The van der Waals surface area contributed by atoms with Crippen LogP contribution in [0.3, 0.4) is 0 Å². The second-order valence-corrected chi connectivity index (χ2v) is 8.85. The first-order chi connectivity index (χ1) is 9.88. The lowest BCUT2D eigenvalue weighted by Gasteiger charge is -2.28. The minimum absolute atomic E-state index is 0.00298. The van der Waals surface area contributed by atoms with Crippen molar-refractivity contribution in [3.8, 4) is 0 Å². The van der Waals surface area contributed by atoms with E-state index >= 15 is 0 Å². The summed E-state index contributed by atoms with van der Waals surface area (Å²) in [6, 6.07) is -0.460. The summed E-state index contributed by atoms with van der Waals surface area (Å²) in [4.78, 5) is 12.3. The first kappa shape index (κ1) is 18.8. The molecule has 1 amide bonds. The molecule has 0 radical (unpaired) electrons. The van der Waals surface area contributed by atoms with Crippen LogP contribution < -0.4 is 10.0 Å². The van der Waals surface area contributed by atoms with Gasteiger partial charge in [0.25, 0.3) is 0 Å². The van der Waals surface area contributed by atoms with E-state index in [0.717, 1.165) is 37.4 Å². The van der Waals surface area contributed by atoms with Gasteiger partial charge in [0.2, 0.25) is 15.9 Å². The van der Waals surface area contributed by atoms with Gasteiger partial charge in [-0.15, -0.1) is 0 Å². The van der Waals surface area contributed by atoms with Crippen LogP contribution in [-0.4, -0.2) is 44.2 Å². The monoisotopic (exact) mass is 336 g/mol. The van der Waals surface area contributed by atoms with Crippen LogP contribution in [-0.2, 0) is 14.8 Å². The fourth-order valence-corrected chi connectivity index (χ4v) is 3.78. The zero-order valence-electron chi connectivity index (χ0n) is 13.2. The Morgan fingerprint density at radius 1 is 1.29 bits per heavy atom. The fourth-order valence-electron chi connectivity index (χ4n) is 2.49. The average molecular weight is 337 g/mol. The molecular weight excluding hydrogens is 308 g/mol. The Balaban J connectivity index is 2.58. The van der Waals surface area contributed by atoms with Crippen LogP contribution in [0, 0.1) is 5.92 Å². The SMILES string of the molecule is CCS(=O)(=O)N[C@@H](CCSC)C(=O)NC1CCC(C)CC1. The van der Waals surface area contributed by atoms with Gasteiger partial charge in [0.1, 0.15) is 6.04 Å². The molecular formula is C14H28N2O3S2. The van der Waals surface area contributed by atoms with E-state index in [0.29, 0.717) is 6.42 Å². The van der Waals surface area contributed by atoms with Gasteiger partial charge in [0.05, 0.1) is 5.75 Å². The van der Waals surface area contributed by atoms with Crippen molar-refractivity contribution in [2.75, 3.05) is 17.8 Å². The molecule has 0 spiro atoms. The van der Waals surface area contributed by atoms with Crippen molar-refractivity contribution in [1.29, 1.82) is 0 Å². The van der Waals surface area contributed by atoms with Crippen molar-refractivity contribution in [3.63, 3.8) is 0 Å². The summed E-state index contributed by atoms with van der Waals surface area (Å²) in [5.74, 6) is 1.30. The van der Waals surface area contributed by atoms with Crippen LogP contribution >= 0.6 is 11.8 Å². The Morgan fingerprint density at radius 3 is 2.43 bits per heavy atom. The van der Waals surface area contributed by atoms with Crippen molar-refractivity contribution in [2.45, 2.75) is 58.0 Å². The van der Waals surface area contributed by atoms with Crippen molar-refractivity contribution >= 4 is 27.7 Å². The molecule has 1 rings (SSSR count). The highest BCUT2D eigenvalue weighted by atomic mass is 32.2. The highest BCUT2D eigenvalue weighted by Gasteiger charge is 2.26. The first-order valence-electron chi connectivity index (χ1n) is 7.67. The van der Waals surface area contributed by atoms with E-state index in [4.69, 9.17) is 0 Å². The summed E-state index contributed by atoms with van der Waals surface area (Å²) in [6.45, 7) is 3.81. The van der Waals surface area contributed by atoms with E-state index in [-0.39, 0.29) is 17.7 Å². The number of carbonyl (C=O) groups is 1. The second-order valence-electron chi connectivity index (χ2n) is 5.82. The predicted octanol–water partition coefficient (Wildman–Crippen LogP) is 1.74. The number of rotatable bonds is 8. The van der Waals surface area contributed by atoms with Crippen LogP contribution in [0.15, 0.2) is 0 Å². The van der Waals surface area contributed by atoms with Gasteiger partial charge < -0.3 is 5.32 Å². The molecule has 0 aromatic rings. The van der Waals surface area contributed by atoms with E-state index in [1.807, 2.05) is 6.26 Å². The standard InChI is InChI=1S/C14H28N2O3S2/c1-4-21(18,19)16-13(9-10-20-3)14(17)15-12-7-5-11(2)6-8-12/h11-13,16H,4-10H2,1-3H3,(H,15,17)/t11?,12?,13-/m0/s1. The topological polar surface area (TPSA) is 75.3 Å². The number of thioether (sulfide) groups is 1. The molecule has 7 heteroatoms. The van der Waals surface area contributed by atoms with Gasteiger partial charge in [-0.3, -0.25) is 4.79 Å².